The van der Waals surface area contributed by atoms with Crippen LogP contribution >= 0.6 is 15.9 Å². The van der Waals surface area contributed by atoms with E-state index in [9.17, 15) is 18.0 Å². The third-order valence-corrected chi connectivity index (χ3v) is 8.08. The van der Waals surface area contributed by atoms with Crippen LogP contribution in [-0.4, -0.2) is 37.4 Å². The fourth-order valence-electron chi connectivity index (χ4n) is 4.01. The SMILES string of the molecule is O=C1CC(N(Cc2ccc3c(c2)OCO3)S(=O)(=O)c2ccc(Br)cc2)C(=O)N1c1ccccc1. The number of carbonyl (C=O) groups is 2. The van der Waals surface area contributed by atoms with Crippen LogP contribution in [0.2, 0.25) is 0 Å². The summed E-state index contributed by atoms with van der Waals surface area (Å²) in [5, 5.41) is 0. The smallest absolute Gasteiger partial charge is 0.252 e. The van der Waals surface area contributed by atoms with Gasteiger partial charge < -0.3 is 9.47 Å². The molecule has 1 fully saturated rings. The van der Waals surface area contributed by atoms with Crippen LogP contribution in [0, 0.1) is 0 Å². The molecule has 0 bridgehead atoms. The maximum absolute atomic E-state index is 13.7. The number of para-hydroxylation sites is 1. The van der Waals surface area contributed by atoms with Gasteiger partial charge in [-0.1, -0.05) is 40.2 Å². The average molecular weight is 543 g/mol. The Bertz CT molecular complexity index is 1360. The van der Waals surface area contributed by atoms with Crippen LogP contribution in [0.15, 0.2) is 82.2 Å². The number of fused-ring (bicyclic) bond motifs is 1. The lowest BCUT2D eigenvalue weighted by atomic mass is 10.1. The highest BCUT2D eigenvalue weighted by Crippen LogP contribution is 2.35. The fraction of sp³-hybridized carbons (Fsp3) is 0.167. The van der Waals surface area contributed by atoms with E-state index in [0.717, 1.165) is 13.7 Å². The number of nitrogens with zero attached hydrogens (tertiary/aromatic N) is 2. The van der Waals surface area contributed by atoms with Gasteiger partial charge >= 0.3 is 0 Å². The van der Waals surface area contributed by atoms with E-state index in [4.69, 9.17) is 9.47 Å². The number of rotatable bonds is 6. The van der Waals surface area contributed by atoms with Crippen molar-refractivity contribution in [3.63, 3.8) is 0 Å². The molecule has 0 spiro atoms. The normalized spacial score (nSPS) is 17.6. The molecule has 174 valence electrons. The van der Waals surface area contributed by atoms with Crippen molar-refractivity contribution in [2.24, 2.45) is 0 Å². The highest BCUT2D eigenvalue weighted by molar-refractivity contribution is 9.10. The molecule has 3 aromatic carbocycles. The summed E-state index contributed by atoms with van der Waals surface area (Å²) in [6.07, 6.45) is -0.256. The van der Waals surface area contributed by atoms with E-state index in [-0.39, 0.29) is 24.7 Å². The van der Waals surface area contributed by atoms with E-state index in [1.165, 1.54) is 12.1 Å². The lowest BCUT2D eigenvalue weighted by Gasteiger charge is -2.27. The maximum atomic E-state index is 13.7. The van der Waals surface area contributed by atoms with Gasteiger partial charge in [-0.25, -0.2) is 13.3 Å². The van der Waals surface area contributed by atoms with Gasteiger partial charge in [0, 0.05) is 11.0 Å². The number of imide groups is 1. The molecule has 0 saturated carbocycles. The lowest BCUT2D eigenvalue weighted by Crippen LogP contribution is -2.45. The van der Waals surface area contributed by atoms with E-state index in [2.05, 4.69) is 15.9 Å². The molecule has 1 saturated heterocycles. The first kappa shape index (κ1) is 22.6. The third-order valence-electron chi connectivity index (χ3n) is 5.68. The Morgan fingerprint density at radius 3 is 2.38 bits per heavy atom. The molecule has 5 rings (SSSR count). The minimum atomic E-state index is -4.13. The molecule has 2 heterocycles. The zero-order chi connectivity index (χ0) is 23.9. The maximum Gasteiger partial charge on any atom is 0.252 e. The van der Waals surface area contributed by atoms with E-state index in [1.807, 2.05) is 0 Å². The topological polar surface area (TPSA) is 93.2 Å². The van der Waals surface area contributed by atoms with Crippen LogP contribution in [0.5, 0.6) is 11.5 Å². The number of amides is 2. The average Bonchev–Trinajstić information content (AvgIpc) is 3.41. The third kappa shape index (κ3) is 4.08. The first-order valence-electron chi connectivity index (χ1n) is 10.4. The van der Waals surface area contributed by atoms with E-state index >= 15 is 0 Å². The summed E-state index contributed by atoms with van der Waals surface area (Å²) >= 11 is 3.31. The molecule has 8 nitrogen and oxygen atoms in total. The number of benzene rings is 3. The number of halogens is 1. The lowest BCUT2D eigenvalue weighted by molar-refractivity contribution is -0.122. The number of sulfonamides is 1. The van der Waals surface area contributed by atoms with Gasteiger partial charge in [0.05, 0.1) is 17.0 Å². The molecule has 0 radical (unpaired) electrons. The summed E-state index contributed by atoms with van der Waals surface area (Å²) < 4.78 is 40.0. The molecule has 3 aromatic rings. The minimum Gasteiger partial charge on any atom is -0.454 e. The Kier molecular flexibility index (Phi) is 5.88. The number of anilines is 1. The molecule has 34 heavy (non-hydrogen) atoms. The summed E-state index contributed by atoms with van der Waals surface area (Å²) in [4.78, 5) is 27.3. The predicted molar refractivity (Wildman–Crippen MR) is 127 cm³/mol. The predicted octanol–water partition coefficient (Wildman–Crippen LogP) is 3.70. The molecule has 2 aliphatic heterocycles. The Balaban J connectivity index is 1.54. The first-order chi connectivity index (χ1) is 16.3. The van der Waals surface area contributed by atoms with Gasteiger partial charge in [-0.05, 0) is 54.1 Å². The molecule has 0 aliphatic carbocycles. The molecule has 1 unspecified atom stereocenters. The number of hydrogen-bond acceptors (Lipinski definition) is 6. The van der Waals surface area contributed by atoms with Crippen molar-refractivity contribution in [2.75, 3.05) is 11.7 Å². The largest absolute Gasteiger partial charge is 0.454 e. The summed E-state index contributed by atoms with van der Waals surface area (Å²) in [5.74, 6) is 0.0205. The van der Waals surface area contributed by atoms with Crippen molar-refractivity contribution in [3.05, 3.63) is 82.8 Å². The highest BCUT2D eigenvalue weighted by atomic mass is 79.9. The van der Waals surface area contributed by atoms with Crippen LogP contribution < -0.4 is 14.4 Å². The monoisotopic (exact) mass is 542 g/mol. The molecule has 10 heteroatoms. The van der Waals surface area contributed by atoms with Gasteiger partial charge in [0.2, 0.25) is 22.7 Å². The second-order valence-corrected chi connectivity index (χ2v) is 10.6. The highest BCUT2D eigenvalue weighted by Gasteiger charge is 2.47. The molecule has 0 N–H and O–H groups in total. The second kappa shape index (κ2) is 8.86. The fourth-order valence-corrected chi connectivity index (χ4v) is 5.85. The zero-order valence-electron chi connectivity index (χ0n) is 17.8. The number of ether oxygens (including phenoxy) is 2. The molecule has 1 atom stereocenters. The van der Waals surface area contributed by atoms with Crippen LogP contribution in [0.4, 0.5) is 5.69 Å². The Hall–Kier alpha value is -3.21. The van der Waals surface area contributed by atoms with Crippen LogP contribution in [0.3, 0.4) is 0 Å². The minimum absolute atomic E-state index is 0.0230. The Labute approximate surface area is 204 Å². The molecule has 0 aromatic heterocycles. The van der Waals surface area contributed by atoms with Crippen molar-refractivity contribution in [2.45, 2.75) is 23.9 Å². The Morgan fingerprint density at radius 2 is 1.65 bits per heavy atom. The van der Waals surface area contributed by atoms with Crippen LogP contribution in [0.1, 0.15) is 12.0 Å². The second-order valence-electron chi connectivity index (χ2n) is 7.81. The standard InChI is InChI=1S/C24H19BrN2O6S/c25-17-7-9-19(10-8-17)34(30,31)26(14-16-6-11-21-22(12-16)33-15-32-21)20-13-23(28)27(24(20)29)18-4-2-1-3-5-18/h1-12,20H,13-15H2. The zero-order valence-corrected chi connectivity index (χ0v) is 20.2. The summed E-state index contributed by atoms with van der Waals surface area (Å²) in [7, 11) is -4.13. The van der Waals surface area contributed by atoms with Gasteiger partial charge in [-0.15, -0.1) is 0 Å². The Morgan fingerprint density at radius 1 is 0.941 bits per heavy atom. The van der Waals surface area contributed by atoms with E-state index in [0.29, 0.717) is 22.7 Å². The van der Waals surface area contributed by atoms with Gasteiger partial charge in [-0.3, -0.25) is 9.59 Å². The van der Waals surface area contributed by atoms with Crippen molar-refractivity contribution in [1.29, 1.82) is 0 Å². The van der Waals surface area contributed by atoms with Crippen molar-refractivity contribution >= 4 is 43.5 Å². The number of carbonyl (C=O) groups excluding carboxylic acids is 2. The molecule has 2 amide bonds. The van der Waals surface area contributed by atoms with Crippen LogP contribution in [-0.2, 0) is 26.2 Å². The number of hydrogen-bond donors (Lipinski definition) is 0. The van der Waals surface area contributed by atoms with Crippen molar-refractivity contribution < 1.29 is 27.5 Å². The molecular weight excluding hydrogens is 524 g/mol. The van der Waals surface area contributed by atoms with Gasteiger partial charge in [-0.2, -0.15) is 4.31 Å². The summed E-state index contributed by atoms with van der Waals surface area (Å²) in [6, 6.07) is 18.5. The van der Waals surface area contributed by atoms with Crippen molar-refractivity contribution in [1.82, 2.24) is 4.31 Å². The van der Waals surface area contributed by atoms with E-state index < -0.39 is 27.9 Å². The first-order valence-corrected chi connectivity index (χ1v) is 12.7. The molecule has 2 aliphatic rings. The van der Waals surface area contributed by atoms with Crippen molar-refractivity contribution in [3.8, 4) is 11.5 Å². The quantitative estimate of drug-likeness (QED) is 0.441. The van der Waals surface area contributed by atoms with Crippen LogP contribution in [0.25, 0.3) is 0 Å². The van der Waals surface area contributed by atoms with Gasteiger partial charge in [0.15, 0.2) is 11.5 Å². The van der Waals surface area contributed by atoms with Gasteiger partial charge in [0.25, 0.3) is 5.91 Å². The summed E-state index contributed by atoms with van der Waals surface area (Å²) in [6.45, 7) is -0.0390. The van der Waals surface area contributed by atoms with Gasteiger partial charge in [0.1, 0.15) is 6.04 Å². The van der Waals surface area contributed by atoms with E-state index in [1.54, 1.807) is 60.7 Å². The molecular formula is C24H19BrN2O6S. The summed E-state index contributed by atoms with van der Waals surface area (Å²) in [5.41, 5.74) is 1.01.